The summed E-state index contributed by atoms with van der Waals surface area (Å²) in [4.78, 5) is 23.1. The Hall–Kier alpha value is -2.68. The van der Waals surface area contributed by atoms with Crippen LogP contribution in [0.3, 0.4) is 0 Å². The van der Waals surface area contributed by atoms with Crippen LogP contribution in [0, 0.1) is 5.82 Å². The normalized spacial score (nSPS) is 17.4. The first kappa shape index (κ1) is 23.5. The van der Waals surface area contributed by atoms with Gasteiger partial charge in [0.15, 0.2) is 5.82 Å². The average Bonchev–Trinajstić information content (AvgIpc) is 3.51. The molecule has 8 nitrogen and oxygen atoms in total. The zero-order chi connectivity index (χ0) is 23.4. The molecule has 9 heteroatoms. The van der Waals surface area contributed by atoms with Crippen molar-refractivity contribution in [3.8, 4) is 5.75 Å². The Bertz CT molecular complexity index is 936. The lowest BCUT2D eigenvalue weighted by Crippen LogP contribution is -2.44. The van der Waals surface area contributed by atoms with Crippen LogP contribution in [0.1, 0.15) is 61.6 Å². The molecule has 0 atom stereocenters. The molecule has 0 spiro atoms. The van der Waals surface area contributed by atoms with Crippen LogP contribution in [0.5, 0.6) is 5.75 Å². The Morgan fingerprint density at radius 3 is 2.61 bits per heavy atom. The lowest BCUT2D eigenvalue weighted by Gasteiger charge is -2.35. The first-order valence-electron chi connectivity index (χ1n) is 11.9. The van der Waals surface area contributed by atoms with Crippen molar-refractivity contribution in [1.82, 2.24) is 19.9 Å². The summed E-state index contributed by atoms with van der Waals surface area (Å²) >= 11 is 0. The average molecular weight is 460 g/mol. The first-order chi connectivity index (χ1) is 15.9. The van der Waals surface area contributed by atoms with Gasteiger partial charge in [-0.2, -0.15) is 4.98 Å². The van der Waals surface area contributed by atoms with Gasteiger partial charge >= 0.3 is 6.01 Å². The fourth-order valence-corrected chi connectivity index (χ4v) is 4.43. The van der Waals surface area contributed by atoms with Gasteiger partial charge < -0.3 is 19.1 Å². The molecular weight excluding hydrogens is 425 g/mol. The van der Waals surface area contributed by atoms with E-state index in [1.807, 2.05) is 0 Å². The number of hydrogen-bond donors (Lipinski definition) is 0. The van der Waals surface area contributed by atoms with Crippen LogP contribution in [0.2, 0.25) is 0 Å². The maximum Gasteiger partial charge on any atom is 0.324 e. The zero-order valence-electron chi connectivity index (χ0n) is 19.8. The van der Waals surface area contributed by atoms with Crippen LogP contribution in [-0.4, -0.2) is 78.3 Å². The van der Waals surface area contributed by atoms with Crippen molar-refractivity contribution >= 4 is 11.9 Å². The Balaban J connectivity index is 1.21. The topological polar surface area (TPSA) is 74.9 Å². The second kappa shape index (κ2) is 10.5. The van der Waals surface area contributed by atoms with Crippen molar-refractivity contribution in [3.63, 3.8) is 0 Å². The summed E-state index contributed by atoms with van der Waals surface area (Å²) in [7, 11) is 2.09. The van der Waals surface area contributed by atoms with Gasteiger partial charge in [0.25, 0.3) is 5.91 Å². The maximum atomic E-state index is 14.5. The molecule has 33 heavy (non-hydrogen) atoms. The molecule has 2 aliphatic rings. The molecule has 4 rings (SSSR count). The van der Waals surface area contributed by atoms with Gasteiger partial charge in [-0.15, -0.1) is 0 Å². The van der Waals surface area contributed by atoms with Crippen LogP contribution in [0.15, 0.2) is 22.7 Å². The standard InChI is InChI=1S/C24H34FN5O3/c1-17(2)22-26-24(33-27-22)30-12-8-18(9-13-30)28(3)14-15-32-19-6-7-20(21(25)16-19)23(31)29-10-4-5-11-29/h6-7,16-18H,4-5,8-15H2,1-3H3. The molecule has 2 aromatic rings. The minimum absolute atomic E-state index is 0.120. The lowest BCUT2D eigenvalue weighted by atomic mass is 10.0. The van der Waals surface area contributed by atoms with E-state index in [9.17, 15) is 9.18 Å². The number of amides is 1. The maximum absolute atomic E-state index is 14.5. The fourth-order valence-electron chi connectivity index (χ4n) is 4.43. The summed E-state index contributed by atoms with van der Waals surface area (Å²) in [6, 6.07) is 5.58. The van der Waals surface area contributed by atoms with Crippen LogP contribution in [-0.2, 0) is 0 Å². The summed E-state index contributed by atoms with van der Waals surface area (Å²) in [5.41, 5.74) is 0.120. The van der Waals surface area contributed by atoms with Crippen molar-refractivity contribution in [2.75, 3.05) is 51.3 Å². The third kappa shape index (κ3) is 5.63. The van der Waals surface area contributed by atoms with Gasteiger partial charge in [0, 0.05) is 50.7 Å². The number of carbonyl (C=O) groups excluding carboxylic acids is 1. The van der Waals surface area contributed by atoms with E-state index in [4.69, 9.17) is 9.26 Å². The molecule has 0 bridgehead atoms. The number of nitrogens with zero attached hydrogens (tertiary/aromatic N) is 5. The van der Waals surface area contributed by atoms with E-state index in [1.165, 1.54) is 12.1 Å². The van der Waals surface area contributed by atoms with E-state index >= 15 is 0 Å². The Kier molecular flexibility index (Phi) is 7.47. The smallest absolute Gasteiger partial charge is 0.324 e. The Morgan fingerprint density at radius 1 is 1.24 bits per heavy atom. The zero-order valence-corrected chi connectivity index (χ0v) is 19.8. The number of halogens is 1. The van der Waals surface area contributed by atoms with E-state index in [2.05, 4.69) is 40.8 Å². The van der Waals surface area contributed by atoms with E-state index in [0.29, 0.717) is 37.5 Å². The second-order valence-corrected chi connectivity index (χ2v) is 9.28. The fraction of sp³-hybridized carbons (Fsp3) is 0.625. The van der Waals surface area contributed by atoms with Crippen molar-refractivity contribution < 1.29 is 18.4 Å². The van der Waals surface area contributed by atoms with Crippen molar-refractivity contribution in [1.29, 1.82) is 0 Å². The lowest BCUT2D eigenvalue weighted by molar-refractivity contribution is 0.0788. The summed E-state index contributed by atoms with van der Waals surface area (Å²) in [5, 5.41) is 4.05. The minimum atomic E-state index is -0.522. The number of ether oxygens (including phenoxy) is 1. The molecule has 2 aliphatic heterocycles. The number of rotatable bonds is 8. The molecule has 0 radical (unpaired) electrons. The highest BCUT2D eigenvalue weighted by Gasteiger charge is 2.26. The summed E-state index contributed by atoms with van der Waals surface area (Å²) in [6.07, 6.45) is 3.96. The highest BCUT2D eigenvalue weighted by atomic mass is 19.1. The van der Waals surface area contributed by atoms with Gasteiger partial charge in [-0.3, -0.25) is 9.69 Å². The number of aromatic nitrogens is 2. The molecule has 3 heterocycles. The third-order valence-corrected chi connectivity index (χ3v) is 6.58. The summed E-state index contributed by atoms with van der Waals surface area (Å²) < 4.78 is 25.7. The van der Waals surface area contributed by atoms with Crippen LogP contribution >= 0.6 is 0 Å². The van der Waals surface area contributed by atoms with Crippen molar-refractivity contribution in [3.05, 3.63) is 35.4 Å². The van der Waals surface area contributed by atoms with Crippen molar-refractivity contribution in [2.24, 2.45) is 0 Å². The minimum Gasteiger partial charge on any atom is -0.492 e. The molecular formula is C24H34FN5O3. The second-order valence-electron chi connectivity index (χ2n) is 9.28. The molecule has 2 saturated heterocycles. The molecule has 2 fully saturated rings. The SMILES string of the molecule is CC(C)c1noc(N2CCC(N(C)CCOc3ccc(C(=O)N4CCCC4)c(F)c3)CC2)n1. The molecule has 1 amide bonds. The van der Waals surface area contributed by atoms with Gasteiger partial charge in [0.2, 0.25) is 0 Å². The van der Waals surface area contributed by atoms with Gasteiger partial charge in [-0.1, -0.05) is 19.0 Å². The number of piperidine rings is 1. The number of hydrogen-bond acceptors (Lipinski definition) is 7. The monoisotopic (exact) mass is 459 g/mol. The third-order valence-electron chi connectivity index (χ3n) is 6.58. The van der Waals surface area contributed by atoms with Gasteiger partial charge in [-0.25, -0.2) is 4.39 Å². The molecule has 0 saturated carbocycles. The molecule has 1 aromatic carbocycles. The van der Waals surface area contributed by atoms with Gasteiger partial charge in [-0.05, 0) is 44.9 Å². The van der Waals surface area contributed by atoms with Gasteiger partial charge in [0.05, 0.1) is 5.56 Å². The van der Waals surface area contributed by atoms with Gasteiger partial charge in [0.1, 0.15) is 18.2 Å². The Morgan fingerprint density at radius 2 is 1.97 bits per heavy atom. The van der Waals surface area contributed by atoms with E-state index in [1.54, 1.807) is 11.0 Å². The van der Waals surface area contributed by atoms with E-state index in [0.717, 1.165) is 51.1 Å². The highest BCUT2D eigenvalue weighted by Crippen LogP contribution is 2.23. The summed E-state index contributed by atoms with van der Waals surface area (Å²) in [5.74, 6) is 0.689. The van der Waals surface area contributed by atoms with Crippen molar-refractivity contribution in [2.45, 2.75) is 51.5 Å². The number of benzene rings is 1. The quantitative estimate of drug-likeness (QED) is 0.598. The number of likely N-dealkylation sites (N-methyl/N-ethyl adjacent to an activating group) is 1. The number of likely N-dealkylation sites (tertiary alicyclic amines) is 1. The van der Waals surface area contributed by atoms with Crippen LogP contribution in [0.25, 0.3) is 0 Å². The van der Waals surface area contributed by atoms with Crippen LogP contribution < -0.4 is 9.64 Å². The Labute approximate surface area is 194 Å². The molecule has 0 aliphatic carbocycles. The number of carbonyl (C=O) groups is 1. The summed E-state index contributed by atoms with van der Waals surface area (Å²) in [6.45, 7) is 8.44. The molecule has 1 aromatic heterocycles. The molecule has 0 N–H and O–H groups in total. The molecule has 180 valence electrons. The molecule has 0 unspecified atom stereocenters. The predicted molar refractivity (Wildman–Crippen MR) is 123 cm³/mol. The van der Waals surface area contributed by atoms with E-state index in [-0.39, 0.29) is 17.4 Å². The number of anilines is 1. The highest BCUT2D eigenvalue weighted by molar-refractivity contribution is 5.94. The first-order valence-corrected chi connectivity index (χ1v) is 11.9. The largest absolute Gasteiger partial charge is 0.492 e. The predicted octanol–water partition coefficient (Wildman–Crippen LogP) is 3.55. The van der Waals surface area contributed by atoms with Crippen LogP contribution in [0.4, 0.5) is 10.4 Å². The van der Waals surface area contributed by atoms with E-state index < -0.39 is 5.82 Å².